The van der Waals surface area contributed by atoms with E-state index in [9.17, 15) is 4.79 Å². The molecule has 0 aliphatic heterocycles. The molecule has 2 aromatic rings. The van der Waals surface area contributed by atoms with Gasteiger partial charge >= 0.3 is 0 Å². The lowest BCUT2D eigenvalue weighted by molar-refractivity contribution is 0.0924. The molecule has 0 saturated heterocycles. The van der Waals surface area contributed by atoms with Crippen LogP contribution in [0, 0.1) is 5.92 Å². The van der Waals surface area contributed by atoms with Gasteiger partial charge in [0.1, 0.15) is 5.82 Å². The zero-order chi connectivity index (χ0) is 13.0. The van der Waals surface area contributed by atoms with E-state index in [1.54, 1.807) is 6.20 Å². The molecule has 0 N–H and O–H groups in total. The Kier molecular flexibility index (Phi) is 3.92. The molecule has 2 rings (SSSR count). The number of rotatable bonds is 5. The molecule has 0 aliphatic carbocycles. The monoisotopic (exact) mass is 242 g/mol. The number of aromatic nitrogens is 2. The summed E-state index contributed by atoms with van der Waals surface area (Å²) in [5.74, 6) is 1.27. The van der Waals surface area contributed by atoms with Gasteiger partial charge in [-0.1, -0.05) is 37.3 Å². The smallest absolute Gasteiger partial charge is 0.165 e. The van der Waals surface area contributed by atoms with Gasteiger partial charge in [-0.15, -0.1) is 0 Å². The van der Waals surface area contributed by atoms with Crippen LogP contribution in [-0.2, 0) is 13.5 Å². The van der Waals surface area contributed by atoms with E-state index in [1.165, 1.54) is 0 Å². The predicted octanol–water partition coefficient (Wildman–Crippen LogP) is 2.87. The van der Waals surface area contributed by atoms with E-state index in [0.29, 0.717) is 0 Å². The first-order valence-corrected chi connectivity index (χ1v) is 6.24. The second-order valence-corrected chi connectivity index (χ2v) is 4.62. The highest BCUT2D eigenvalue weighted by atomic mass is 16.1. The molecule has 0 bridgehead atoms. The van der Waals surface area contributed by atoms with Crippen LogP contribution in [0.2, 0.25) is 0 Å². The SMILES string of the molecule is CC(CCc1nccn1C)C(=O)c1ccccc1. The highest BCUT2D eigenvalue weighted by molar-refractivity contribution is 5.97. The van der Waals surface area contributed by atoms with Crippen LogP contribution in [0.3, 0.4) is 0 Å². The lowest BCUT2D eigenvalue weighted by Gasteiger charge is -2.10. The summed E-state index contributed by atoms with van der Waals surface area (Å²) in [6.07, 6.45) is 5.39. The molecule has 0 saturated carbocycles. The molecule has 0 radical (unpaired) electrons. The van der Waals surface area contributed by atoms with Crippen LogP contribution in [0.15, 0.2) is 42.7 Å². The molecule has 18 heavy (non-hydrogen) atoms. The zero-order valence-corrected chi connectivity index (χ0v) is 10.8. The fourth-order valence-electron chi connectivity index (χ4n) is 2.00. The Balaban J connectivity index is 1.94. The van der Waals surface area contributed by atoms with Gasteiger partial charge < -0.3 is 4.57 Å². The summed E-state index contributed by atoms with van der Waals surface area (Å²) in [6, 6.07) is 9.48. The fourth-order valence-corrected chi connectivity index (χ4v) is 2.00. The summed E-state index contributed by atoms with van der Waals surface area (Å²) in [6.45, 7) is 1.98. The number of carbonyl (C=O) groups excluding carboxylic acids is 1. The van der Waals surface area contributed by atoms with Crippen LogP contribution in [0.4, 0.5) is 0 Å². The predicted molar refractivity (Wildman–Crippen MR) is 71.5 cm³/mol. The standard InChI is InChI=1S/C15H18N2O/c1-12(8-9-14-16-10-11-17(14)2)15(18)13-6-4-3-5-7-13/h3-7,10-12H,8-9H2,1-2H3. The van der Waals surface area contributed by atoms with Crippen LogP contribution < -0.4 is 0 Å². The second kappa shape index (κ2) is 5.63. The largest absolute Gasteiger partial charge is 0.338 e. The number of benzene rings is 1. The van der Waals surface area contributed by atoms with Crippen LogP contribution in [0.1, 0.15) is 29.5 Å². The lowest BCUT2D eigenvalue weighted by atomic mass is 9.95. The number of ketones is 1. The van der Waals surface area contributed by atoms with Crippen molar-refractivity contribution in [2.24, 2.45) is 13.0 Å². The van der Waals surface area contributed by atoms with Gasteiger partial charge in [0.15, 0.2) is 5.78 Å². The third-order valence-corrected chi connectivity index (χ3v) is 3.23. The molecule has 1 heterocycles. The summed E-state index contributed by atoms with van der Waals surface area (Å²) in [5.41, 5.74) is 0.796. The maximum atomic E-state index is 12.2. The summed E-state index contributed by atoms with van der Waals surface area (Å²) in [5, 5.41) is 0. The Morgan fingerprint density at radius 2 is 2.06 bits per heavy atom. The van der Waals surface area contributed by atoms with Gasteiger partial charge in [0, 0.05) is 37.3 Å². The van der Waals surface area contributed by atoms with E-state index in [0.717, 1.165) is 24.2 Å². The van der Waals surface area contributed by atoms with E-state index < -0.39 is 0 Å². The van der Waals surface area contributed by atoms with Crippen molar-refractivity contribution in [3.63, 3.8) is 0 Å². The third-order valence-electron chi connectivity index (χ3n) is 3.23. The van der Waals surface area contributed by atoms with Gasteiger partial charge in [-0.25, -0.2) is 4.98 Å². The van der Waals surface area contributed by atoms with Crippen LogP contribution in [0.25, 0.3) is 0 Å². The summed E-state index contributed by atoms with van der Waals surface area (Å²) in [4.78, 5) is 16.4. The first-order chi connectivity index (χ1) is 8.68. The van der Waals surface area contributed by atoms with E-state index >= 15 is 0 Å². The average Bonchev–Trinajstić information content (AvgIpc) is 2.81. The highest BCUT2D eigenvalue weighted by Gasteiger charge is 2.15. The third kappa shape index (κ3) is 2.86. The quantitative estimate of drug-likeness (QED) is 0.756. The van der Waals surface area contributed by atoms with Gasteiger partial charge in [-0.2, -0.15) is 0 Å². The molecule has 1 aromatic heterocycles. The molecule has 3 heteroatoms. The number of Topliss-reactive ketones (excluding diaryl/α,β-unsaturated/α-hetero) is 1. The number of nitrogens with zero attached hydrogens (tertiary/aromatic N) is 2. The van der Waals surface area contributed by atoms with Crippen molar-refractivity contribution < 1.29 is 4.79 Å². The molecular formula is C15H18N2O. The normalized spacial score (nSPS) is 12.3. The molecule has 1 aromatic carbocycles. The van der Waals surface area contributed by atoms with Gasteiger partial charge in [0.05, 0.1) is 0 Å². The van der Waals surface area contributed by atoms with Crippen LogP contribution in [-0.4, -0.2) is 15.3 Å². The molecular weight excluding hydrogens is 224 g/mol. The van der Waals surface area contributed by atoms with Crippen LogP contribution in [0.5, 0.6) is 0 Å². The van der Waals surface area contributed by atoms with E-state index in [1.807, 2.05) is 55.1 Å². The minimum absolute atomic E-state index is 0.0316. The number of carbonyl (C=O) groups is 1. The molecule has 1 atom stereocenters. The molecule has 3 nitrogen and oxygen atoms in total. The average molecular weight is 242 g/mol. The van der Waals surface area contributed by atoms with Crippen molar-refractivity contribution in [1.29, 1.82) is 0 Å². The molecule has 94 valence electrons. The molecule has 0 spiro atoms. The van der Waals surface area contributed by atoms with Crippen molar-refractivity contribution in [3.05, 3.63) is 54.1 Å². The van der Waals surface area contributed by atoms with Crippen molar-refractivity contribution in [2.45, 2.75) is 19.8 Å². The molecule has 0 fully saturated rings. The lowest BCUT2D eigenvalue weighted by Crippen LogP contribution is -2.13. The number of aryl methyl sites for hydroxylation is 2. The Morgan fingerprint density at radius 3 is 2.67 bits per heavy atom. The summed E-state index contributed by atoms with van der Waals surface area (Å²) < 4.78 is 2.00. The summed E-state index contributed by atoms with van der Waals surface area (Å²) >= 11 is 0. The Hall–Kier alpha value is -1.90. The maximum absolute atomic E-state index is 12.2. The zero-order valence-electron chi connectivity index (χ0n) is 10.8. The molecule has 0 amide bonds. The van der Waals surface area contributed by atoms with Crippen LogP contribution >= 0.6 is 0 Å². The minimum Gasteiger partial charge on any atom is -0.338 e. The first-order valence-electron chi connectivity index (χ1n) is 6.24. The first kappa shape index (κ1) is 12.6. The second-order valence-electron chi connectivity index (χ2n) is 4.62. The number of hydrogen-bond donors (Lipinski definition) is 0. The Labute approximate surface area is 107 Å². The van der Waals surface area contributed by atoms with Gasteiger partial charge in [0.2, 0.25) is 0 Å². The maximum Gasteiger partial charge on any atom is 0.165 e. The van der Waals surface area contributed by atoms with E-state index in [4.69, 9.17) is 0 Å². The fraction of sp³-hybridized carbons (Fsp3) is 0.333. The van der Waals surface area contributed by atoms with E-state index in [2.05, 4.69) is 4.98 Å². The summed E-state index contributed by atoms with van der Waals surface area (Å²) in [7, 11) is 1.98. The Morgan fingerprint density at radius 1 is 1.33 bits per heavy atom. The van der Waals surface area contributed by atoms with Gasteiger partial charge in [-0.05, 0) is 6.42 Å². The molecule has 0 aliphatic rings. The van der Waals surface area contributed by atoms with Gasteiger partial charge in [0.25, 0.3) is 0 Å². The van der Waals surface area contributed by atoms with E-state index in [-0.39, 0.29) is 11.7 Å². The van der Waals surface area contributed by atoms with Crippen molar-refractivity contribution in [3.8, 4) is 0 Å². The Bertz CT molecular complexity index is 516. The number of imidazole rings is 1. The van der Waals surface area contributed by atoms with Gasteiger partial charge in [-0.3, -0.25) is 4.79 Å². The minimum atomic E-state index is 0.0316. The number of hydrogen-bond acceptors (Lipinski definition) is 2. The van der Waals surface area contributed by atoms with Crippen molar-refractivity contribution in [2.75, 3.05) is 0 Å². The topological polar surface area (TPSA) is 34.9 Å². The highest BCUT2D eigenvalue weighted by Crippen LogP contribution is 2.14. The van der Waals surface area contributed by atoms with Crippen molar-refractivity contribution in [1.82, 2.24) is 9.55 Å². The van der Waals surface area contributed by atoms with Crippen molar-refractivity contribution >= 4 is 5.78 Å². The molecule has 1 unspecified atom stereocenters.